The predicted octanol–water partition coefficient (Wildman–Crippen LogP) is 3.18. The standard InChI is InChI=1S/C17H26N2O2/c1-12(2)13-6-5-10-19(11-9-13)17(20)16-14(18)7-4-8-15(16)21-3/h4,7-8,12-13H,5-6,9-11,18H2,1-3H3. The first-order valence-corrected chi connectivity index (χ1v) is 7.76. The molecule has 1 aliphatic heterocycles. The number of rotatable bonds is 3. The van der Waals surface area contributed by atoms with Gasteiger partial charge in [-0.2, -0.15) is 0 Å². The first-order chi connectivity index (χ1) is 10.0. The Hall–Kier alpha value is -1.71. The molecule has 116 valence electrons. The van der Waals surface area contributed by atoms with Crippen LogP contribution in [-0.2, 0) is 0 Å². The number of hydrogen-bond acceptors (Lipinski definition) is 3. The largest absolute Gasteiger partial charge is 0.496 e. The summed E-state index contributed by atoms with van der Waals surface area (Å²) in [5.41, 5.74) is 6.98. The second-order valence-electron chi connectivity index (χ2n) is 6.15. The van der Waals surface area contributed by atoms with E-state index in [2.05, 4.69) is 13.8 Å². The lowest BCUT2D eigenvalue weighted by molar-refractivity contribution is 0.0756. The Kier molecular flexibility index (Phi) is 5.10. The highest BCUT2D eigenvalue weighted by atomic mass is 16.5. The summed E-state index contributed by atoms with van der Waals surface area (Å²) >= 11 is 0. The van der Waals surface area contributed by atoms with Crippen molar-refractivity contribution in [1.82, 2.24) is 4.90 Å². The van der Waals surface area contributed by atoms with Gasteiger partial charge in [-0.1, -0.05) is 19.9 Å². The molecule has 1 aromatic rings. The molecule has 1 aliphatic rings. The van der Waals surface area contributed by atoms with Crippen LogP contribution in [0.3, 0.4) is 0 Å². The number of hydrogen-bond donors (Lipinski definition) is 1. The zero-order chi connectivity index (χ0) is 15.4. The van der Waals surface area contributed by atoms with E-state index in [-0.39, 0.29) is 5.91 Å². The molecule has 0 bridgehead atoms. The monoisotopic (exact) mass is 290 g/mol. The molecule has 1 amide bonds. The summed E-state index contributed by atoms with van der Waals surface area (Å²) in [5, 5.41) is 0. The van der Waals surface area contributed by atoms with Crippen LogP contribution >= 0.6 is 0 Å². The Balaban J connectivity index is 2.17. The summed E-state index contributed by atoms with van der Waals surface area (Å²) in [7, 11) is 1.57. The lowest BCUT2D eigenvalue weighted by Gasteiger charge is -2.23. The van der Waals surface area contributed by atoms with Gasteiger partial charge in [0.1, 0.15) is 11.3 Å². The number of carbonyl (C=O) groups excluding carboxylic acids is 1. The van der Waals surface area contributed by atoms with Crippen molar-refractivity contribution in [2.75, 3.05) is 25.9 Å². The summed E-state index contributed by atoms with van der Waals surface area (Å²) in [6, 6.07) is 5.35. The molecule has 2 rings (SSSR count). The Morgan fingerprint density at radius 3 is 2.76 bits per heavy atom. The molecule has 0 radical (unpaired) electrons. The van der Waals surface area contributed by atoms with Gasteiger partial charge in [0.15, 0.2) is 0 Å². The van der Waals surface area contributed by atoms with E-state index in [0.717, 1.165) is 25.9 Å². The number of carbonyl (C=O) groups is 1. The number of anilines is 1. The summed E-state index contributed by atoms with van der Waals surface area (Å²) in [6.07, 6.45) is 3.32. The number of ether oxygens (including phenoxy) is 1. The zero-order valence-corrected chi connectivity index (χ0v) is 13.3. The maximum absolute atomic E-state index is 12.8. The molecule has 4 nitrogen and oxygen atoms in total. The van der Waals surface area contributed by atoms with E-state index < -0.39 is 0 Å². The smallest absolute Gasteiger partial charge is 0.259 e. The molecule has 2 N–H and O–H groups in total. The summed E-state index contributed by atoms with van der Waals surface area (Å²) in [4.78, 5) is 14.7. The second kappa shape index (κ2) is 6.83. The average molecular weight is 290 g/mol. The molecule has 4 heteroatoms. The fourth-order valence-electron chi connectivity index (χ4n) is 3.10. The SMILES string of the molecule is COc1cccc(N)c1C(=O)N1CCCC(C(C)C)CC1. The van der Waals surface area contributed by atoms with Crippen LogP contribution < -0.4 is 10.5 Å². The van der Waals surface area contributed by atoms with Gasteiger partial charge in [-0.3, -0.25) is 4.79 Å². The summed E-state index contributed by atoms with van der Waals surface area (Å²) in [6.45, 7) is 6.14. The van der Waals surface area contributed by atoms with Crippen molar-refractivity contribution in [1.29, 1.82) is 0 Å². The third-order valence-corrected chi connectivity index (χ3v) is 4.50. The molecule has 21 heavy (non-hydrogen) atoms. The number of methoxy groups -OCH3 is 1. The third-order valence-electron chi connectivity index (χ3n) is 4.50. The van der Waals surface area contributed by atoms with Gasteiger partial charge < -0.3 is 15.4 Å². The van der Waals surface area contributed by atoms with E-state index in [0.29, 0.717) is 28.8 Å². The van der Waals surface area contributed by atoms with Gasteiger partial charge >= 0.3 is 0 Å². The minimum absolute atomic E-state index is 0.00523. The minimum atomic E-state index is -0.00523. The molecule has 1 saturated heterocycles. The molecule has 1 unspecified atom stereocenters. The molecule has 0 aromatic heterocycles. The van der Waals surface area contributed by atoms with E-state index in [9.17, 15) is 4.79 Å². The van der Waals surface area contributed by atoms with Gasteiger partial charge in [0, 0.05) is 18.8 Å². The van der Waals surface area contributed by atoms with Gasteiger partial charge in [0.25, 0.3) is 5.91 Å². The van der Waals surface area contributed by atoms with E-state index in [1.165, 1.54) is 6.42 Å². The van der Waals surface area contributed by atoms with Gasteiger partial charge in [-0.05, 0) is 43.2 Å². The van der Waals surface area contributed by atoms with Crippen molar-refractivity contribution < 1.29 is 9.53 Å². The Morgan fingerprint density at radius 1 is 1.33 bits per heavy atom. The van der Waals surface area contributed by atoms with Crippen molar-refractivity contribution in [3.05, 3.63) is 23.8 Å². The van der Waals surface area contributed by atoms with Crippen LogP contribution in [0.5, 0.6) is 5.75 Å². The predicted molar refractivity (Wildman–Crippen MR) is 85.5 cm³/mol. The average Bonchev–Trinajstić information content (AvgIpc) is 2.72. The quantitative estimate of drug-likeness (QED) is 0.870. The van der Waals surface area contributed by atoms with Gasteiger partial charge in [0.2, 0.25) is 0 Å². The van der Waals surface area contributed by atoms with Crippen molar-refractivity contribution in [3.8, 4) is 5.75 Å². The highest BCUT2D eigenvalue weighted by Gasteiger charge is 2.26. The van der Waals surface area contributed by atoms with Crippen LogP contribution in [0, 0.1) is 11.8 Å². The number of nitrogen functional groups attached to an aromatic ring is 1. The van der Waals surface area contributed by atoms with Gasteiger partial charge in [-0.25, -0.2) is 0 Å². The van der Waals surface area contributed by atoms with E-state index in [1.807, 2.05) is 11.0 Å². The maximum Gasteiger partial charge on any atom is 0.259 e. The lowest BCUT2D eigenvalue weighted by atomic mass is 9.89. The molecule has 1 heterocycles. The number of amides is 1. The Morgan fingerprint density at radius 2 is 2.10 bits per heavy atom. The molecule has 0 saturated carbocycles. The normalized spacial score (nSPS) is 19.4. The molecular weight excluding hydrogens is 264 g/mol. The van der Waals surface area contributed by atoms with Crippen molar-refractivity contribution in [2.24, 2.45) is 11.8 Å². The fourth-order valence-corrected chi connectivity index (χ4v) is 3.10. The lowest BCUT2D eigenvalue weighted by Crippen LogP contribution is -2.33. The van der Waals surface area contributed by atoms with E-state index in [1.54, 1.807) is 19.2 Å². The van der Waals surface area contributed by atoms with Crippen molar-refractivity contribution in [3.63, 3.8) is 0 Å². The number of nitrogens with two attached hydrogens (primary N) is 1. The Labute approximate surface area is 127 Å². The van der Waals surface area contributed by atoms with Crippen LogP contribution in [-0.4, -0.2) is 31.0 Å². The summed E-state index contributed by atoms with van der Waals surface area (Å²) < 4.78 is 5.30. The van der Waals surface area contributed by atoms with Gasteiger partial charge in [-0.15, -0.1) is 0 Å². The van der Waals surface area contributed by atoms with Crippen molar-refractivity contribution in [2.45, 2.75) is 33.1 Å². The zero-order valence-electron chi connectivity index (χ0n) is 13.3. The van der Waals surface area contributed by atoms with Crippen LogP contribution in [0.15, 0.2) is 18.2 Å². The summed E-state index contributed by atoms with van der Waals surface area (Å²) in [5.74, 6) is 1.94. The number of benzene rings is 1. The van der Waals surface area contributed by atoms with E-state index >= 15 is 0 Å². The minimum Gasteiger partial charge on any atom is -0.496 e. The van der Waals surface area contributed by atoms with Crippen LogP contribution in [0.1, 0.15) is 43.5 Å². The highest BCUT2D eigenvalue weighted by molar-refractivity contribution is 6.01. The Bertz CT molecular complexity index is 500. The van der Waals surface area contributed by atoms with E-state index in [4.69, 9.17) is 10.5 Å². The van der Waals surface area contributed by atoms with Crippen LogP contribution in [0.25, 0.3) is 0 Å². The molecular formula is C17H26N2O2. The van der Waals surface area contributed by atoms with Crippen LogP contribution in [0.2, 0.25) is 0 Å². The topological polar surface area (TPSA) is 55.6 Å². The maximum atomic E-state index is 12.8. The van der Waals surface area contributed by atoms with Crippen molar-refractivity contribution >= 4 is 11.6 Å². The molecule has 0 aliphatic carbocycles. The van der Waals surface area contributed by atoms with Crippen LogP contribution in [0.4, 0.5) is 5.69 Å². The first kappa shape index (κ1) is 15.7. The molecule has 1 fully saturated rings. The molecule has 1 aromatic carbocycles. The second-order valence-corrected chi connectivity index (χ2v) is 6.15. The molecule has 1 atom stereocenters. The number of likely N-dealkylation sites (tertiary alicyclic amines) is 1. The van der Waals surface area contributed by atoms with Gasteiger partial charge in [0.05, 0.1) is 7.11 Å². The number of nitrogens with zero attached hydrogens (tertiary/aromatic N) is 1. The fraction of sp³-hybridized carbons (Fsp3) is 0.588. The molecule has 0 spiro atoms. The highest BCUT2D eigenvalue weighted by Crippen LogP contribution is 2.29. The third kappa shape index (κ3) is 3.49. The first-order valence-electron chi connectivity index (χ1n) is 7.76.